The van der Waals surface area contributed by atoms with Crippen LogP contribution in [-0.2, 0) is 4.74 Å². The molecule has 196 valence electrons. The first-order valence-electron chi connectivity index (χ1n) is 11.6. The summed E-state index contributed by atoms with van der Waals surface area (Å²) < 4.78 is 10.3. The lowest BCUT2D eigenvalue weighted by atomic mass is 10.1. The van der Waals surface area contributed by atoms with Gasteiger partial charge in [-0.25, -0.2) is 0 Å². The highest BCUT2D eigenvalue weighted by Crippen LogP contribution is 2.37. The highest BCUT2D eigenvalue weighted by Gasteiger charge is 2.19. The van der Waals surface area contributed by atoms with Gasteiger partial charge in [0.25, 0.3) is 0 Å². The monoisotopic (exact) mass is 510 g/mol. The molecule has 5 rings (SSSR count). The third-order valence-corrected chi connectivity index (χ3v) is 5.72. The minimum Gasteiger partial charge on any atom is -0.508 e. The van der Waals surface area contributed by atoms with E-state index in [1.807, 2.05) is 27.7 Å². The van der Waals surface area contributed by atoms with Crippen molar-refractivity contribution in [1.82, 2.24) is 9.97 Å². The molecule has 10 nitrogen and oxygen atoms in total. The third-order valence-electron chi connectivity index (χ3n) is 5.72. The molecule has 1 saturated heterocycles. The number of phenolic OH excluding ortho intramolecular Hbond substituents is 4. The van der Waals surface area contributed by atoms with E-state index in [-0.39, 0.29) is 33.8 Å². The van der Waals surface area contributed by atoms with E-state index in [9.17, 15) is 30.3 Å². The molecule has 3 heterocycles. The molecular weight excluding hydrogens is 480 g/mol. The lowest BCUT2D eigenvalue weighted by Gasteiger charge is -2.08. The molecule has 0 spiro atoms. The van der Waals surface area contributed by atoms with Gasteiger partial charge >= 0.3 is 0 Å². The molecule has 1 aliphatic rings. The highest BCUT2D eigenvalue weighted by molar-refractivity contribution is 5.88. The Balaban J connectivity index is 0.000000207. The van der Waals surface area contributed by atoms with Gasteiger partial charge in [0.15, 0.2) is 17.3 Å². The van der Waals surface area contributed by atoms with Gasteiger partial charge < -0.3 is 34.7 Å². The third kappa shape index (κ3) is 6.47. The number of aromatic nitrogens is 2. The van der Waals surface area contributed by atoms with Gasteiger partial charge in [0.2, 0.25) is 11.2 Å². The molecule has 0 amide bonds. The van der Waals surface area contributed by atoms with Crippen molar-refractivity contribution in [1.29, 1.82) is 0 Å². The Kier molecular flexibility index (Phi) is 8.56. The summed E-state index contributed by atoms with van der Waals surface area (Å²) in [5.41, 5.74) is 3.23. The van der Waals surface area contributed by atoms with Crippen molar-refractivity contribution in [2.75, 3.05) is 13.2 Å². The Morgan fingerprint density at radius 3 is 1.78 bits per heavy atom. The number of aromatic hydroxyl groups is 5. The molecule has 0 aliphatic carbocycles. The lowest BCUT2D eigenvalue weighted by molar-refractivity contribution is 0.198. The molecule has 1 aliphatic heterocycles. The zero-order chi connectivity index (χ0) is 27.3. The predicted octanol–water partition coefficient (Wildman–Crippen LogP) is 4.50. The molecule has 0 radical (unpaired) electrons. The largest absolute Gasteiger partial charge is 0.508 e. The van der Waals surface area contributed by atoms with Crippen LogP contribution >= 0.6 is 0 Å². The number of nitrogens with zero attached hydrogens (tertiary/aromatic N) is 2. The van der Waals surface area contributed by atoms with Gasteiger partial charge in [0, 0.05) is 30.9 Å². The number of aryl methyl sites for hydroxylation is 4. The molecule has 4 aromatic rings. The van der Waals surface area contributed by atoms with Crippen molar-refractivity contribution in [2.24, 2.45) is 0 Å². The van der Waals surface area contributed by atoms with Crippen LogP contribution in [0.4, 0.5) is 0 Å². The second-order valence-corrected chi connectivity index (χ2v) is 8.54. The maximum atomic E-state index is 12.1. The number of rotatable bonds is 1. The van der Waals surface area contributed by atoms with E-state index < -0.39 is 22.7 Å². The van der Waals surface area contributed by atoms with E-state index in [0.717, 1.165) is 60.3 Å². The molecule has 2 aromatic heterocycles. The Bertz CT molecular complexity index is 1420. The summed E-state index contributed by atoms with van der Waals surface area (Å²) in [5, 5.41) is 47.6. The Morgan fingerprint density at radius 2 is 1.30 bits per heavy atom. The van der Waals surface area contributed by atoms with Gasteiger partial charge in [-0.1, -0.05) is 0 Å². The van der Waals surface area contributed by atoms with Gasteiger partial charge in [-0.15, -0.1) is 0 Å². The minimum absolute atomic E-state index is 0.134. The predicted molar refractivity (Wildman–Crippen MR) is 137 cm³/mol. The number of fused-ring (bicyclic) bond motifs is 1. The zero-order valence-corrected chi connectivity index (χ0v) is 21.1. The summed E-state index contributed by atoms with van der Waals surface area (Å²) in [7, 11) is 0. The number of benzene rings is 2. The summed E-state index contributed by atoms with van der Waals surface area (Å²) in [5.74, 6) is -2.71. The van der Waals surface area contributed by atoms with Crippen molar-refractivity contribution >= 4 is 11.0 Å². The SMILES string of the molecule is C1CCOC1.Cc1nc(C)c(C)nc1C.O=c1c(O)c(-c2ccc(O)c(O)c2)oc2cc(O)cc(O)c12. The van der Waals surface area contributed by atoms with Crippen LogP contribution in [0.5, 0.6) is 28.7 Å². The molecule has 5 N–H and O–H groups in total. The number of hydrogen-bond acceptors (Lipinski definition) is 10. The summed E-state index contributed by atoms with van der Waals surface area (Å²) in [6.45, 7) is 9.92. The van der Waals surface area contributed by atoms with E-state index in [1.165, 1.54) is 18.9 Å². The average molecular weight is 511 g/mol. The normalized spacial score (nSPS) is 12.4. The van der Waals surface area contributed by atoms with Crippen LogP contribution in [0.3, 0.4) is 0 Å². The molecular formula is C27H30N2O8. The van der Waals surface area contributed by atoms with Crippen LogP contribution in [0.25, 0.3) is 22.3 Å². The molecule has 37 heavy (non-hydrogen) atoms. The van der Waals surface area contributed by atoms with Crippen LogP contribution in [0.2, 0.25) is 0 Å². The smallest absolute Gasteiger partial charge is 0.238 e. The van der Waals surface area contributed by atoms with Crippen molar-refractivity contribution in [2.45, 2.75) is 40.5 Å². The van der Waals surface area contributed by atoms with Crippen LogP contribution in [0.15, 0.2) is 39.5 Å². The van der Waals surface area contributed by atoms with Gasteiger partial charge in [-0.2, -0.15) is 0 Å². The second-order valence-electron chi connectivity index (χ2n) is 8.54. The Hall–Kier alpha value is -4.31. The maximum absolute atomic E-state index is 12.1. The molecule has 0 saturated carbocycles. The fraction of sp³-hybridized carbons (Fsp3) is 0.296. The first kappa shape index (κ1) is 27.3. The number of ether oxygens (including phenoxy) is 1. The summed E-state index contributed by atoms with van der Waals surface area (Å²) in [4.78, 5) is 20.8. The second kappa shape index (κ2) is 11.6. The molecule has 10 heteroatoms. The summed E-state index contributed by atoms with van der Waals surface area (Å²) >= 11 is 0. The topological polar surface area (TPSA) is 166 Å². The van der Waals surface area contributed by atoms with Gasteiger partial charge in [-0.3, -0.25) is 14.8 Å². The van der Waals surface area contributed by atoms with E-state index in [1.54, 1.807) is 0 Å². The Morgan fingerprint density at radius 1 is 0.730 bits per heavy atom. The Labute approximate surface area is 213 Å². The zero-order valence-electron chi connectivity index (χ0n) is 21.1. The summed E-state index contributed by atoms with van der Waals surface area (Å²) in [6, 6.07) is 5.64. The van der Waals surface area contributed by atoms with Crippen LogP contribution in [0.1, 0.15) is 35.6 Å². The van der Waals surface area contributed by atoms with Crippen LogP contribution in [-0.4, -0.2) is 48.7 Å². The van der Waals surface area contributed by atoms with Crippen molar-refractivity contribution in [3.05, 3.63) is 63.3 Å². The number of hydrogen-bond donors (Lipinski definition) is 5. The minimum atomic E-state index is -0.888. The van der Waals surface area contributed by atoms with Crippen LogP contribution < -0.4 is 5.43 Å². The van der Waals surface area contributed by atoms with E-state index in [4.69, 9.17) is 9.15 Å². The van der Waals surface area contributed by atoms with Crippen molar-refractivity contribution in [3.63, 3.8) is 0 Å². The molecule has 2 aromatic carbocycles. The molecule has 1 fully saturated rings. The fourth-order valence-corrected chi connectivity index (χ4v) is 3.47. The van der Waals surface area contributed by atoms with Crippen LogP contribution in [0, 0.1) is 27.7 Å². The van der Waals surface area contributed by atoms with E-state index in [2.05, 4.69) is 9.97 Å². The maximum Gasteiger partial charge on any atom is 0.238 e. The van der Waals surface area contributed by atoms with Gasteiger partial charge in [-0.05, 0) is 58.7 Å². The van der Waals surface area contributed by atoms with E-state index >= 15 is 0 Å². The van der Waals surface area contributed by atoms with Gasteiger partial charge in [0.1, 0.15) is 22.5 Å². The van der Waals surface area contributed by atoms with Crippen molar-refractivity contribution < 1.29 is 34.7 Å². The highest BCUT2D eigenvalue weighted by atomic mass is 16.5. The fourth-order valence-electron chi connectivity index (χ4n) is 3.47. The molecule has 0 bridgehead atoms. The average Bonchev–Trinajstić information content (AvgIpc) is 3.42. The standard InChI is InChI=1S/C15H10O7.C8H12N2.C4H8O/c16-7-4-10(19)12-11(5-7)22-15(14(21)13(12)20)6-1-2-8(17)9(18)3-6;1-5-6(2)10-8(4)7(3)9-5;1-2-4-5-3-1/h1-5,16-19,21H;1-4H3;1-4H2. The first-order chi connectivity index (χ1) is 17.5. The first-order valence-corrected chi connectivity index (χ1v) is 11.6. The van der Waals surface area contributed by atoms with E-state index in [0.29, 0.717) is 0 Å². The molecule has 0 unspecified atom stereocenters. The quantitative estimate of drug-likeness (QED) is 0.230. The molecule has 0 atom stereocenters. The van der Waals surface area contributed by atoms with Crippen molar-refractivity contribution in [3.8, 4) is 40.1 Å². The number of phenols is 4. The van der Waals surface area contributed by atoms with Gasteiger partial charge in [0.05, 0.1) is 22.8 Å². The summed E-state index contributed by atoms with van der Waals surface area (Å²) in [6.07, 6.45) is 2.56. The lowest BCUT2D eigenvalue weighted by Crippen LogP contribution is -2.02.